The van der Waals surface area contributed by atoms with Gasteiger partial charge in [0.15, 0.2) is 5.82 Å². The summed E-state index contributed by atoms with van der Waals surface area (Å²) in [5.74, 6) is 2.63. The number of benzene rings is 1. The second-order valence-corrected chi connectivity index (χ2v) is 7.57. The standard InChI is InChI=1S/C19H22ClN5O2/c1-12-21-18(27-24-12)6-7-19(26)25-8-2-3-13(11-25)9-17-22-15-5-4-14(20)10-16(15)23-17/h4-5,10,13H,2-3,6-9,11H2,1H3,(H,22,23)/t13-/m0/s1. The van der Waals surface area contributed by atoms with Gasteiger partial charge in [0, 0.05) is 37.4 Å². The van der Waals surface area contributed by atoms with Gasteiger partial charge in [0.1, 0.15) is 5.82 Å². The zero-order valence-corrected chi connectivity index (χ0v) is 16.0. The number of piperidine rings is 1. The number of hydrogen-bond acceptors (Lipinski definition) is 5. The topological polar surface area (TPSA) is 87.9 Å². The Morgan fingerprint density at radius 1 is 1.41 bits per heavy atom. The van der Waals surface area contributed by atoms with Crippen LogP contribution in [0.1, 0.15) is 36.8 Å². The van der Waals surface area contributed by atoms with Crippen molar-refractivity contribution < 1.29 is 9.32 Å². The highest BCUT2D eigenvalue weighted by atomic mass is 35.5. The molecule has 1 atom stereocenters. The van der Waals surface area contributed by atoms with Crippen LogP contribution in [0.3, 0.4) is 0 Å². The molecule has 4 rings (SSSR count). The fourth-order valence-electron chi connectivity index (χ4n) is 3.68. The molecule has 3 aromatic rings. The molecule has 0 spiro atoms. The number of amides is 1. The van der Waals surface area contributed by atoms with Crippen LogP contribution >= 0.6 is 11.6 Å². The zero-order chi connectivity index (χ0) is 18.8. The Morgan fingerprint density at radius 3 is 3.11 bits per heavy atom. The van der Waals surface area contributed by atoms with Crippen LogP contribution in [0.15, 0.2) is 22.7 Å². The number of H-pyrrole nitrogens is 1. The predicted molar refractivity (Wildman–Crippen MR) is 101 cm³/mol. The minimum Gasteiger partial charge on any atom is -0.342 e. The zero-order valence-electron chi connectivity index (χ0n) is 15.2. The number of rotatable bonds is 5. The Bertz CT molecular complexity index is 951. The van der Waals surface area contributed by atoms with Gasteiger partial charge in [0.25, 0.3) is 0 Å². The van der Waals surface area contributed by atoms with Crippen molar-refractivity contribution in [2.75, 3.05) is 13.1 Å². The minimum atomic E-state index is 0.145. The van der Waals surface area contributed by atoms with Crippen LogP contribution in [0.25, 0.3) is 11.0 Å². The van der Waals surface area contributed by atoms with Crippen molar-refractivity contribution in [3.05, 3.63) is 40.8 Å². The van der Waals surface area contributed by atoms with E-state index in [9.17, 15) is 4.79 Å². The summed E-state index contributed by atoms with van der Waals surface area (Å²) in [5.41, 5.74) is 1.88. The molecule has 27 heavy (non-hydrogen) atoms. The Morgan fingerprint density at radius 2 is 2.30 bits per heavy atom. The summed E-state index contributed by atoms with van der Waals surface area (Å²) in [6, 6.07) is 5.66. The summed E-state index contributed by atoms with van der Waals surface area (Å²) in [7, 11) is 0. The van der Waals surface area contributed by atoms with Crippen molar-refractivity contribution in [1.29, 1.82) is 0 Å². The van der Waals surface area contributed by atoms with Crippen molar-refractivity contribution in [3.8, 4) is 0 Å². The van der Waals surface area contributed by atoms with Crippen molar-refractivity contribution >= 4 is 28.5 Å². The average molecular weight is 388 g/mol. The monoisotopic (exact) mass is 387 g/mol. The average Bonchev–Trinajstić information content (AvgIpc) is 3.24. The molecule has 1 aromatic carbocycles. The third-order valence-corrected chi connectivity index (χ3v) is 5.20. The van der Waals surface area contributed by atoms with Gasteiger partial charge in [-0.2, -0.15) is 4.98 Å². The maximum absolute atomic E-state index is 12.6. The maximum Gasteiger partial charge on any atom is 0.227 e. The lowest BCUT2D eigenvalue weighted by molar-refractivity contribution is -0.133. The van der Waals surface area contributed by atoms with Gasteiger partial charge in [-0.05, 0) is 43.9 Å². The van der Waals surface area contributed by atoms with Gasteiger partial charge in [-0.1, -0.05) is 16.8 Å². The number of halogens is 1. The van der Waals surface area contributed by atoms with Crippen LogP contribution in [-0.2, 0) is 17.6 Å². The number of likely N-dealkylation sites (tertiary alicyclic amines) is 1. The number of aromatic amines is 1. The second kappa shape index (κ2) is 7.68. The van der Waals surface area contributed by atoms with Crippen LogP contribution in [0.4, 0.5) is 0 Å². The van der Waals surface area contributed by atoms with E-state index in [0.717, 1.165) is 49.2 Å². The molecule has 0 radical (unpaired) electrons. The molecule has 0 aliphatic carbocycles. The van der Waals surface area contributed by atoms with E-state index in [4.69, 9.17) is 16.1 Å². The van der Waals surface area contributed by atoms with E-state index in [1.807, 2.05) is 23.1 Å². The largest absolute Gasteiger partial charge is 0.342 e. The molecular weight excluding hydrogens is 366 g/mol. The van der Waals surface area contributed by atoms with E-state index in [2.05, 4.69) is 20.1 Å². The van der Waals surface area contributed by atoms with Crippen molar-refractivity contribution in [2.24, 2.45) is 5.92 Å². The van der Waals surface area contributed by atoms with Crippen molar-refractivity contribution in [2.45, 2.75) is 39.0 Å². The van der Waals surface area contributed by atoms with Gasteiger partial charge in [0.05, 0.1) is 11.0 Å². The van der Waals surface area contributed by atoms with E-state index < -0.39 is 0 Å². The summed E-state index contributed by atoms with van der Waals surface area (Å²) in [6.45, 7) is 3.35. The maximum atomic E-state index is 12.6. The highest BCUT2D eigenvalue weighted by Crippen LogP contribution is 2.23. The molecule has 1 fully saturated rings. The smallest absolute Gasteiger partial charge is 0.227 e. The molecule has 1 aliphatic heterocycles. The summed E-state index contributed by atoms with van der Waals surface area (Å²) in [4.78, 5) is 26.7. The second-order valence-electron chi connectivity index (χ2n) is 7.13. The molecule has 7 nitrogen and oxygen atoms in total. The highest BCUT2D eigenvalue weighted by molar-refractivity contribution is 6.31. The SMILES string of the molecule is Cc1noc(CCC(=O)N2CCC[C@@H](Cc3nc4ccc(Cl)cc4[nH]3)C2)n1. The number of carbonyl (C=O) groups excluding carboxylic acids is 1. The Labute approximate surface area is 162 Å². The number of fused-ring (bicyclic) bond motifs is 1. The molecule has 1 saturated heterocycles. The van der Waals surface area contributed by atoms with Crippen molar-refractivity contribution in [3.63, 3.8) is 0 Å². The third-order valence-electron chi connectivity index (χ3n) is 4.97. The molecule has 3 heterocycles. The van der Waals surface area contributed by atoms with Crippen LogP contribution in [0, 0.1) is 12.8 Å². The number of imidazole rings is 1. The van der Waals surface area contributed by atoms with Gasteiger partial charge < -0.3 is 14.4 Å². The third kappa shape index (κ3) is 4.30. The minimum absolute atomic E-state index is 0.145. The quantitative estimate of drug-likeness (QED) is 0.725. The lowest BCUT2D eigenvalue weighted by atomic mass is 9.94. The van der Waals surface area contributed by atoms with E-state index in [1.54, 1.807) is 6.92 Å². The van der Waals surface area contributed by atoms with Crippen molar-refractivity contribution in [1.82, 2.24) is 25.0 Å². The van der Waals surface area contributed by atoms with Crippen LogP contribution in [0.5, 0.6) is 0 Å². The molecule has 2 aromatic heterocycles. The Hall–Kier alpha value is -2.41. The van der Waals surface area contributed by atoms with Gasteiger partial charge >= 0.3 is 0 Å². The number of nitrogens with one attached hydrogen (secondary N) is 1. The predicted octanol–water partition coefficient (Wildman–Crippen LogP) is 3.32. The van der Waals surface area contributed by atoms with Crippen LogP contribution in [-0.4, -0.2) is 44.0 Å². The van der Waals surface area contributed by atoms with Gasteiger partial charge in [0.2, 0.25) is 11.8 Å². The van der Waals surface area contributed by atoms with E-state index in [0.29, 0.717) is 35.5 Å². The summed E-state index contributed by atoms with van der Waals surface area (Å²) in [6.07, 6.45) is 3.84. The highest BCUT2D eigenvalue weighted by Gasteiger charge is 2.25. The summed E-state index contributed by atoms with van der Waals surface area (Å²) < 4.78 is 5.09. The Balaban J connectivity index is 1.34. The Kier molecular flexibility index (Phi) is 5.11. The summed E-state index contributed by atoms with van der Waals surface area (Å²) in [5, 5.41) is 4.46. The molecule has 1 aliphatic rings. The lowest BCUT2D eigenvalue weighted by Gasteiger charge is -2.32. The fourth-order valence-corrected chi connectivity index (χ4v) is 3.85. The van der Waals surface area contributed by atoms with Crippen LogP contribution < -0.4 is 0 Å². The number of carbonyl (C=O) groups is 1. The first kappa shape index (κ1) is 18.0. The van der Waals surface area contributed by atoms with E-state index in [-0.39, 0.29) is 5.91 Å². The first-order chi connectivity index (χ1) is 13.1. The number of hydrogen-bond donors (Lipinski definition) is 1. The number of aryl methyl sites for hydroxylation is 2. The molecule has 0 unspecified atom stereocenters. The lowest BCUT2D eigenvalue weighted by Crippen LogP contribution is -2.40. The molecule has 8 heteroatoms. The van der Waals surface area contributed by atoms with Gasteiger partial charge in [-0.3, -0.25) is 4.79 Å². The molecule has 1 N–H and O–H groups in total. The first-order valence-corrected chi connectivity index (χ1v) is 9.66. The number of aromatic nitrogens is 4. The molecular formula is C19H22ClN5O2. The molecule has 0 saturated carbocycles. The van der Waals surface area contributed by atoms with E-state index >= 15 is 0 Å². The first-order valence-electron chi connectivity index (χ1n) is 9.28. The van der Waals surface area contributed by atoms with Crippen LogP contribution in [0.2, 0.25) is 5.02 Å². The number of nitrogens with zero attached hydrogens (tertiary/aromatic N) is 4. The molecule has 1 amide bonds. The van der Waals surface area contributed by atoms with E-state index in [1.165, 1.54) is 0 Å². The van der Waals surface area contributed by atoms with Gasteiger partial charge in [-0.15, -0.1) is 0 Å². The van der Waals surface area contributed by atoms with Gasteiger partial charge in [-0.25, -0.2) is 4.98 Å². The molecule has 0 bridgehead atoms. The normalized spacial score (nSPS) is 17.6. The summed E-state index contributed by atoms with van der Waals surface area (Å²) >= 11 is 6.04. The fraction of sp³-hybridized carbons (Fsp3) is 0.474. The molecule has 142 valence electrons.